The number of primary sulfonamides is 1. The molecule has 5 rings (SSSR count). The van der Waals surface area contributed by atoms with Crippen molar-refractivity contribution >= 4 is 15.8 Å². The van der Waals surface area contributed by atoms with Gasteiger partial charge in [-0.15, -0.1) is 0 Å². The van der Waals surface area contributed by atoms with Crippen molar-refractivity contribution < 1.29 is 24.1 Å². The summed E-state index contributed by atoms with van der Waals surface area (Å²) in [4.78, 5) is 13.3. The van der Waals surface area contributed by atoms with Crippen molar-refractivity contribution in [3.63, 3.8) is 0 Å². The number of hydrogen-bond donors (Lipinski definition) is 1. The molecule has 160 valence electrons. The van der Waals surface area contributed by atoms with Crippen molar-refractivity contribution in [2.75, 3.05) is 6.79 Å². The van der Waals surface area contributed by atoms with Gasteiger partial charge in [-0.3, -0.25) is 4.79 Å². The number of ketones is 1. The average Bonchev–Trinajstić information content (AvgIpc) is 3.44. The first-order valence-corrected chi connectivity index (χ1v) is 11.6. The van der Waals surface area contributed by atoms with Gasteiger partial charge in [-0.2, -0.15) is 0 Å². The van der Waals surface area contributed by atoms with Crippen molar-refractivity contribution in [1.82, 2.24) is 0 Å². The first-order valence-electron chi connectivity index (χ1n) is 10.0. The zero-order valence-corrected chi connectivity index (χ0v) is 17.5. The van der Waals surface area contributed by atoms with Crippen LogP contribution >= 0.6 is 0 Å². The number of ether oxygens (including phenoxy) is 2. The summed E-state index contributed by atoms with van der Waals surface area (Å²) >= 11 is 0. The first kappa shape index (κ1) is 19.8. The first-order chi connectivity index (χ1) is 14.8. The topological polar surface area (TPSA) is 95.7 Å². The van der Waals surface area contributed by atoms with Crippen molar-refractivity contribution in [3.05, 3.63) is 77.9 Å². The fourth-order valence-electron chi connectivity index (χ4n) is 4.12. The van der Waals surface area contributed by atoms with E-state index in [1.165, 1.54) is 6.07 Å². The molecule has 31 heavy (non-hydrogen) atoms. The maximum absolute atomic E-state index is 13.3. The lowest BCUT2D eigenvalue weighted by Gasteiger charge is -2.15. The van der Waals surface area contributed by atoms with Gasteiger partial charge in [0.25, 0.3) is 0 Å². The third-order valence-corrected chi connectivity index (χ3v) is 6.91. The van der Waals surface area contributed by atoms with Crippen LogP contribution in [0.1, 0.15) is 25.4 Å². The Morgan fingerprint density at radius 1 is 0.935 bits per heavy atom. The van der Waals surface area contributed by atoms with E-state index in [1.807, 2.05) is 48.5 Å². The fraction of sp³-hybridized carbons (Fsp3) is 0.208. The van der Waals surface area contributed by atoms with Crippen LogP contribution in [0.5, 0.6) is 11.5 Å². The molecule has 0 bridgehead atoms. The zero-order valence-electron chi connectivity index (χ0n) is 16.7. The highest BCUT2D eigenvalue weighted by Gasteiger charge is 2.50. The molecule has 7 heteroatoms. The number of nitrogens with two attached hydrogens (primary N) is 1. The number of Topliss-reactive ketones (excluding diaryl/α,β-unsaturated/α-hetero) is 1. The summed E-state index contributed by atoms with van der Waals surface area (Å²) in [5.41, 5.74) is 2.96. The minimum atomic E-state index is -3.78. The molecule has 0 unspecified atom stereocenters. The zero-order chi connectivity index (χ0) is 21.6. The molecule has 1 aliphatic carbocycles. The highest BCUT2D eigenvalue weighted by molar-refractivity contribution is 7.89. The summed E-state index contributed by atoms with van der Waals surface area (Å²) < 4.78 is 34.2. The Hall–Kier alpha value is -3.16. The minimum Gasteiger partial charge on any atom is -0.454 e. The Kier molecular flexibility index (Phi) is 4.60. The van der Waals surface area contributed by atoms with Crippen LogP contribution < -0.4 is 14.6 Å². The molecule has 1 aliphatic heterocycles. The molecular formula is C24H23NO5S. The fourth-order valence-corrected chi connectivity index (χ4v) is 4.68. The highest BCUT2D eigenvalue weighted by Crippen LogP contribution is 2.51. The summed E-state index contributed by atoms with van der Waals surface area (Å²) in [5.74, 6) is 1.57. The van der Waals surface area contributed by atoms with Gasteiger partial charge in [-0.05, 0) is 59.4 Å². The van der Waals surface area contributed by atoms with Crippen molar-refractivity contribution in [2.45, 2.75) is 29.6 Å². The molecule has 0 saturated heterocycles. The minimum absolute atomic E-state index is 0. The van der Waals surface area contributed by atoms with Crippen LogP contribution in [-0.2, 0) is 26.7 Å². The Morgan fingerprint density at radius 2 is 1.65 bits per heavy atom. The van der Waals surface area contributed by atoms with E-state index in [2.05, 4.69) is 0 Å². The molecule has 0 atom stereocenters. The van der Waals surface area contributed by atoms with Crippen molar-refractivity contribution in [2.24, 2.45) is 5.14 Å². The lowest BCUT2D eigenvalue weighted by atomic mass is 9.87. The van der Waals surface area contributed by atoms with E-state index in [4.69, 9.17) is 14.6 Å². The molecule has 1 fully saturated rings. The van der Waals surface area contributed by atoms with E-state index < -0.39 is 15.4 Å². The molecule has 6 nitrogen and oxygen atoms in total. The molecule has 1 heterocycles. The second kappa shape index (κ2) is 7.21. The second-order valence-corrected chi connectivity index (χ2v) is 9.58. The average molecular weight is 438 g/mol. The van der Waals surface area contributed by atoms with Crippen molar-refractivity contribution in [1.29, 1.82) is 0 Å². The van der Waals surface area contributed by atoms with Crippen LogP contribution in [0.2, 0.25) is 0 Å². The highest BCUT2D eigenvalue weighted by atomic mass is 32.2. The number of carbonyl (C=O) groups excluding carboxylic acids is 1. The van der Waals surface area contributed by atoms with Gasteiger partial charge >= 0.3 is 0 Å². The molecule has 2 aliphatic rings. The van der Waals surface area contributed by atoms with Crippen LogP contribution in [0.4, 0.5) is 0 Å². The number of rotatable bonds is 6. The molecule has 3 aromatic rings. The predicted molar refractivity (Wildman–Crippen MR) is 118 cm³/mol. The summed E-state index contributed by atoms with van der Waals surface area (Å²) in [6.07, 6.45) is 1.94. The summed E-state index contributed by atoms with van der Waals surface area (Å²) in [7, 11) is -3.78. The lowest BCUT2D eigenvalue weighted by Crippen LogP contribution is -2.22. The smallest absolute Gasteiger partial charge is 0.238 e. The molecule has 3 aromatic carbocycles. The second-order valence-electron chi connectivity index (χ2n) is 8.02. The number of carbonyl (C=O) groups is 1. The van der Waals surface area contributed by atoms with Gasteiger partial charge in [0.2, 0.25) is 16.8 Å². The lowest BCUT2D eigenvalue weighted by molar-refractivity contribution is -0.120. The van der Waals surface area contributed by atoms with Crippen LogP contribution in [-0.4, -0.2) is 21.0 Å². The number of sulfonamides is 1. The number of benzene rings is 3. The van der Waals surface area contributed by atoms with E-state index in [-0.39, 0.29) is 18.9 Å². The monoisotopic (exact) mass is 437 g/mol. The Balaban J connectivity index is 0.00000245. The van der Waals surface area contributed by atoms with Crippen LogP contribution in [0, 0.1) is 0 Å². The Labute approximate surface area is 182 Å². The molecule has 0 amide bonds. The Bertz CT molecular complexity index is 1300. The van der Waals surface area contributed by atoms with E-state index in [9.17, 15) is 13.2 Å². The third-order valence-electron chi connectivity index (χ3n) is 6.00. The van der Waals surface area contributed by atoms with E-state index in [0.29, 0.717) is 17.9 Å². The van der Waals surface area contributed by atoms with Crippen LogP contribution in [0.25, 0.3) is 11.1 Å². The quantitative estimate of drug-likeness (QED) is 0.632. The summed E-state index contributed by atoms with van der Waals surface area (Å²) in [5, 5.41) is 5.25. The number of hydrogen-bond acceptors (Lipinski definition) is 5. The third kappa shape index (κ3) is 3.71. The maximum Gasteiger partial charge on any atom is 0.238 e. The van der Waals surface area contributed by atoms with Gasteiger partial charge in [0, 0.05) is 7.85 Å². The van der Waals surface area contributed by atoms with Gasteiger partial charge < -0.3 is 9.47 Å². The normalized spacial score (nSPS) is 16.2. The number of fused-ring (bicyclic) bond motifs is 1. The molecular weight excluding hydrogens is 414 g/mol. The van der Waals surface area contributed by atoms with E-state index in [0.717, 1.165) is 35.1 Å². The van der Waals surface area contributed by atoms with E-state index in [1.54, 1.807) is 12.1 Å². The van der Waals surface area contributed by atoms with Gasteiger partial charge in [0.05, 0.1) is 10.3 Å². The van der Waals surface area contributed by atoms with Crippen molar-refractivity contribution in [3.8, 4) is 22.6 Å². The molecule has 1 saturated carbocycles. The van der Waals surface area contributed by atoms with Gasteiger partial charge in [-0.25, -0.2) is 13.6 Å². The predicted octanol–water partition coefficient (Wildman–Crippen LogP) is 3.82. The van der Waals surface area contributed by atoms with Gasteiger partial charge in [-0.1, -0.05) is 42.5 Å². The summed E-state index contributed by atoms with van der Waals surface area (Å²) in [6.45, 7) is 0.208. The van der Waals surface area contributed by atoms with E-state index >= 15 is 0 Å². The van der Waals surface area contributed by atoms with Crippen LogP contribution in [0.15, 0.2) is 71.6 Å². The Morgan fingerprint density at radius 3 is 2.39 bits per heavy atom. The molecule has 0 aromatic heterocycles. The molecule has 2 N–H and O–H groups in total. The summed E-state index contributed by atoms with van der Waals surface area (Å²) in [6, 6.07) is 19.8. The standard InChI is InChI=1S/C24H21NO5S.H2/c25-31(27,28)20-6-2-5-18(13-20)17-4-1-3-16(11-17)12-23(26)24(9-10-24)19-7-8-21-22(14-19)30-15-29-21;/h1-8,11,13-14H,9-10,12,15H2,(H2,25,27,28);1H. The molecule has 0 radical (unpaired) electrons. The van der Waals surface area contributed by atoms with Crippen LogP contribution in [0.3, 0.4) is 0 Å². The maximum atomic E-state index is 13.3. The largest absolute Gasteiger partial charge is 0.454 e. The van der Waals surface area contributed by atoms with Gasteiger partial charge in [0.1, 0.15) is 5.78 Å². The van der Waals surface area contributed by atoms with Gasteiger partial charge in [0.15, 0.2) is 11.5 Å². The SMILES string of the molecule is NS(=O)(=O)c1cccc(-c2cccc(CC(=O)C3(c4ccc5c(c4)OCO5)CC3)c2)c1.[HH]. The molecule has 0 spiro atoms.